The number of aliphatic hydroxyl groups excluding tert-OH is 1. The molecule has 1 heterocycles. The van der Waals surface area contributed by atoms with Gasteiger partial charge < -0.3 is 19.3 Å². The molecule has 1 aliphatic heterocycles. The Kier molecular flexibility index (Phi) is 7.21. The highest BCUT2D eigenvalue weighted by Crippen LogP contribution is 2.19. The average Bonchev–Trinajstić information content (AvgIpc) is 2.64. The van der Waals surface area contributed by atoms with Crippen LogP contribution in [0.1, 0.15) is 39.7 Å². The van der Waals surface area contributed by atoms with E-state index >= 15 is 0 Å². The van der Waals surface area contributed by atoms with Gasteiger partial charge in [0.15, 0.2) is 6.04 Å². The van der Waals surface area contributed by atoms with Gasteiger partial charge in [-0.3, -0.25) is 4.90 Å². The maximum Gasteiger partial charge on any atom is 0.411 e. The van der Waals surface area contributed by atoms with Gasteiger partial charge in [0.25, 0.3) is 0 Å². The van der Waals surface area contributed by atoms with E-state index < -0.39 is 35.9 Å². The van der Waals surface area contributed by atoms with Crippen LogP contribution in [0.5, 0.6) is 0 Å². The molecule has 0 bridgehead atoms. The van der Waals surface area contributed by atoms with Crippen molar-refractivity contribution < 1.29 is 28.9 Å². The van der Waals surface area contributed by atoms with Crippen LogP contribution in [-0.2, 0) is 25.5 Å². The minimum Gasteiger partial charge on any atom is -0.458 e. The van der Waals surface area contributed by atoms with Crippen LogP contribution in [0.3, 0.4) is 0 Å². The van der Waals surface area contributed by atoms with E-state index in [4.69, 9.17) is 14.2 Å². The molecule has 27 heavy (non-hydrogen) atoms. The Bertz CT molecular complexity index is 627. The molecule has 2 rings (SSSR count). The number of rotatable bonds is 3. The fourth-order valence-electron chi connectivity index (χ4n) is 2.66. The molecule has 0 spiro atoms. The second kappa shape index (κ2) is 9.19. The molecule has 1 N–H and O–H groups in total. The summed E-state index contributed by atoms with van der Waals surface area (Å²) < 4.78 is 16.4. The number of benzene rings is 1. The third-order valence-electron chi connectivity index (χ3n) is 4.15. The number of hydrogen-bond donors (Lipinski definition) is 1. The number of cyclic esters (lactones) is 1. The second-order valence-electron chi connectivity index (χ2n) is 7.68. The zero-order chi connectivity index (χ0) is 20.0. The SMILES string of the molecule is CC1OC(=O)C(N(Cc2ccccc2)C(=O)OC(C)(C)C)COCCC1O. The lowest BCUT2D eigenvalue weighted by molar-refractivity contribution is -0.160. The van der Waals surface area contributed by atoms with Crippen LogP contribution in [0.25, 0.3) is 0 Å². The first kappa shape index (κ1) is 21.2. The molecule has 1 aromatic rings. The molecule has 7 nitrogen and oxygen atoms in total. The van der Waals surface area contributed by atoms with Crippen molar-refractivity contribution in [3.8, 4) is 0 Å². The molecule has 1 aliphatic rings. The fraction of sp³-hybridized carbons (Fsp3) is 0.600. The van der Waals surface area contributed by atoms with Crippen molar-refractivity contribution in [2.24, 2.45) is 0 Å². The maximum absolute atomic E-state index is 12.8. The number of ether oxygens (including phenoxy) is 3. The quantitative estimate of drug-likeness (QED) is 0.812. The van der Waals surface area contributed by atoms with E-state index in [9.17, 15) is 14.7 Å². The molecule has 0 aliphatic carbocycles. The van der Waals surface area contributed by atoms with Crippen LogP contribution in [0.4, 0.5) is 4.79 Å². The van der Waals surface area contributed by atoms with Crippen LogP contribution in [0.2, 0.25) is 0 Å². The summed E-state index contributed by atoms with van der Waals surface area (Å²) in [6.07, 6.45) is -1.76. The molecule has 150 valence electrons. The Morgan fingerprint density at radius 1 is 1.30 bits per heavy atom. The second-order valence-corrected chi connectivity index (χ2v) is 7.68. The standard InChI is InChI=1S/C20H29NO6/c1-14-17(22)10-11-25-13-16(18(23)26-14)21(19(24)27-20(2,3)4)12-15-8-6-5-7-9-15/h5-9,14,16-17,22H,10-13H2,1-4H3. The molecule has 3 unspecified atom stereocenters. The van der Waals surface area contributed by atoms with Gasteiger partial charge in [-0.15, -0.1) is 0 Å². The Hall–Kier alpha value is -2.12. The number of carbonyl (C=O) groups excluding carboxylic acids is 2. The molecule has 1 saturated heterocycles. The van der Waals surface area contributed by atoms with Crippen LogP contribution in [0, 0.1) is 0 Å². The Labute approximate surface area is 160 Å². The highest BCUT2D eigenvalue weighted by atomic mass is 16.6. The summed E-state index contributed by atoms with van der Waals surface area (Å²) in [5, 5.41) is 9.99. The predicted molar refractivity (Wildman–Crippen MR) is 99.0 cm³/mol. The van der Waals surface area contributed by atoms with Crippen molar-refractivity contribution in [1.29, 1.82) is 0 Å². The summed E-state index contributed by atoms with van der Waals surface area (Å²) in [7, 11) is 0. The molecule has 0 saturated carbocycles. The number of carbonyl (C=O) groups is 2. The molecule has 1 fully saturated rings. The summed E-state index contributed by atoms with van der Waals surface area (Å²) >= 11 is 0. The van der Waals surface area contributed by atoms with Crippen molar-refractivity contribution in [2.45, 2.75) is 64.5 Å². The minimum absolute atomic E-state index is 0.0235. The highest BCUT2D eigenvalue weighted by molar-refractivity contribution is 5.82. The third kappa shape index (κ3) is 6.52. The molecular weight excluding hydrogens is 350 g/mol. The predicted octanol–water partition coefficient (Wildman–Crippen LogP) is 2.51. The first-order valence-corrected chi connectivity index (χ1v) is 9.17. The molecule has 1 aromatic carbocycles. The summed E-state index contributed by atoms with van der Waals surface area (Å²) in [5.41, 5.74) is 0.141. The number of nitrogens with zero attached hydrogens (tertiary/aromatic N) is 1. The van der Waals surface area contributed by atoms with Crippen molar-refractivity contribution in [1.82, 2.24) is 4.90 Å². The van der Waals surface area contributed by atoms with Gasteiger partial charge in [0, 0.05) is 13.0 Å². The summed E-state index contributed by atoms with van der Waals surface area (Å²) in [5.74, 6) is -0.620. The average molecular weight is 379 g/mol. The largest absolute Gasteiger partial charge is 0.458 e. The molecule has 7 heteroatoms. The topological polar surface area (TPSA) is 85.3 Å². The number of esters is 1. The van der Waals surface area contributed by atoms with Crippen molar-refractivity contribution in [2.75, 3.05) is 13.2 Å². The van der Waals surface area contributed by atoms with Gasteiger partial charge in [-0.25, -0.2) is 9.59 Å². The molecule has 3 atom stereocenters. The van der Waals surface area contributed by atoms with Crippen molar-refractivity contribution in [3.63, 3.8) is 0 Å². The number of amides is 1. The lowest BCUT2D eigenvalue weighted by atomic mass is 10.1. The summed E-state index contributed by atoms with van der Waals surface area (Å²) in [6.45, 7) is 7.35. The van der Waals surface area contributed by atoms with E-state index in [1.54, 1.807) is 27.7 Å². The zero-order valence-electron chi connectivity index (χ0n) is 16.4. The molecule has 0 radical (unpaired) electrons. The first-order chi connectivity index (χ1) is 12.7. The van der Waals surface area contributed by atoms with Crippen molar-refractivity contribution in [3.05, 3.63) is 35.9 Å². The Morgan fingerprint density at radius 2 is 1.96 bits per heavy atom. The lowest BCUT2D eigenvalue weighted by Crippen LogP contribution is -2.50. The lowest BCUT2D eigenvalue weighted by Gasteiger charge is -2.32. The van der Waals surface area contributed by atoms with E-state index in [0.717, 1.165) is 5.56 Å². The monoisotopic (exact) mass is 379 g/mol. The summed E-state index contributed by atoms with van der Waals surface area (Å²) in [4.78, 5) is 26.9. The van der Waals surface area contributed by atoms with Gasteiger partial charge in [-0.05, 0) is 33.3 Å². The van der Waals surface area contributed by atoms with Crippen LogP contribution in [-0.4, -0.2) is 59.1 Å². The molecular formula is C20H29NO6. The van der Waals surface area contributed by atoms with Gasteiger partial charge in [0.05, 0.1) is 19.3 Å². The van der Waals surface area contributed by atoms with Gasteiger partial charge in [0.2, 0.25) is 0 Å². The number of hydrogen-bond acceptors (Lipinski definition) is 6. The van der Waals surface area contributed by atoms with Crippen LogP contribution < -0.4 is 0 Å². The van der Waals surface area contributed by atoms with Crippen LogP contribution >= 0.6 is 0 Å². The Balaban J connectivity index is 2.28. The first-order valence-electron chi connectivity index (χ1n) is 9.17. The van der Waals surface area contributed by atoms with Gasteiger partial charge >= 0.3 is 12.1 Å². The van der Waals surface area contributed by atoms with E-state index in [1.807, 2.05) is 30.3 Å². The minimum atomic E-state index is -0.965. The molecule has 0 aromatic heterocycles. The summed E-state index contributed by atoms with van der Waals surface area (Å²) in [6, 6.07) is 8.36. The van der Waals surface area contributed by atoms with Crippen LogP contribution in [0.15, 0.2) is 30.3 Å². The van der Waals surface area contributed by atoms with E-state index in [0.29, 0.717) is 6.42 Å². The maximum atomic E-state index is 12.8. The molecule has 1 amide bonds. The highest BCUT2D eigenvalue weighted by Gasteiger charge is 2.36. The smallest absolute Gasteiger partial charge is 0.411 e. The van der Waals surface area contributed by atoms with E-state index in [2.05, 4.69) is 0 Å². The van der Waals surface area contributed by atoms with Crippen molar-refractivity contribution >= 4 is 12.1 Å². The third-order valence-corrected chi connectivity index (χ3v) is 4.15. The number of aliphatic hydroxyl groups is 1. The normalized spacial score (nSPS) is 24.2. The van der Waals surface area contributed by atoms with E-state index in [-0.39, 0.29) is 19.8 Å². The van der Waals surface area contributed by atoms with Gasteiger partial charge in [0.1, 0.15) is 11.7 Å². The zero-order valence-corrected chi connectivity index (χ0v) is 16.4. The van der Waals surface area contributed by atoms with E-state index in [1.165, 1.54) is 4.90 Å². The fourth-order valence-corrected chi connectivity index (χ4v) is 2.66. The van der Waals surface area contributed by atoms with Gasteiger partial charge in [-0.1, -0.05) is 30.3 Å². The Morgan fingerprint density at radius 3 is 2.59 bits per heavy atom. The van der Waals surface area contributed by atoms with Gasteiger partial charge in [-0.2, -0.15) is 0 Å².